The predicted octanol–water partition coefficient (Wildman–Crippen LogP) is 2.61. The number of rotatable bonds is 6. The number of thioether (sulfide) groups is 1. The number of carbonyl (C=O) groups is 1. The average Bonchev–Trinajstić information content (AvgIpc) is 3.22. The van der Waals surface area contributed by atoms with Crippen LogP contribution in [0.2, 0.25) is 0 Å². The Labute approximate surface area is 166 Å². The SMILES string of the molecule is C[C@H](NC(=O)CSc1n[nH]c(-c2ccncc2)n1)c1ccc2c(c1)OCCO2. The Hall–Kier alpha value is -3.07. The molecule has 0 saturated carbocycles. The van der Waals surface area contributed by atoms with Crippen LogP contribution in [0.25, 0.3) is 11.4 Å². The van der Waals surface area contributed by atoms with Gasteiger partial charge < -0.3 is 14.8 Å². The average molecular weight is 397 g/mol. The van der Waals surface area contributed by atoms with E-state index in [0.29, 0.717) is 29.9 Å². The number of nitrogens with zero attached hydrogens (tertiary/aromatic N) is 3. The van der Waals surface area contributed by atoms with E-state index in [0.717, 1.165) is 16.9 Å². The van der Waals surface area contributed by atoms with E-state index < -0.39 is 0 Å². The number of carbonyl (C=O) groups excluding carboxylic acids is 1. The molecule has 1 aliphatic rings. The van der Waals surface area contributed by atoms with Crippen molar-refractivity contribution in [2.24, 2.45) is 0 Å². The summed E-state index contributed by atoms with van der Waals surface area (Å²) in [6.45, 7) is 3.02. The van der Waals surface area contributed by atoms with Crippen molar-refractivity contribution in [1.29, 1.82) is 0 Å². The minimum atomic E-state index is -0.150. The molecule has 1 aliphatic heterocycles. The van der Waals surface area contributed by atoms with Crippen molar-refractivity contribution in [3.05, 3.63) is 48.3 Å². The molecule has 0 unspecified atom stereocenters. The molecular formula is C19H19N5O3S. The number of nitrogens with one attached hydrogen (secondary N) is 2. The fourth-order valence-corrected chi connectivity index (χ4v) is 3.39. The van der Waals surface area contributed by atoms with Gasteiger partial charge in [0.1, 0.15) is 13.2 Å². The minimum Gasteiger partial charge on any atom is -0.486 e. The zero-order chi connectivity index (χ0) is 19.3. The van der Waals surface area contributed by atoms with Gasteiger partial charge in [0, 0.05) is 18.0 Å². The molecule has 0 bridgehead atoms. The third-order valence-electron chi connectivity index (χ3n) is 4.19. The number of aromatic amines is 1. The summed E-state index contributed by atoms with van der Waals surface area (Å²) in [5.74, 6) is 2.22. The molecule has 3 heterocycles. The van der Waals surface area contributed by atoms with E-state index in [1.54, 1.807) is 12.4 Å². The molecule has 28 heavy (non-hydrogen) atoms. The van der Waals surface area contributed by atoms with Crippen LogP contribution in [-0.2, 0) is 4.79 Å². The molecule has 2 N–H and O–H groups in total. The summed E-state index contributed by atoms with van der Waals surface area (Å²) in [6.07, 6.45) is 3.38. The first-order valence-electron chi connectivity index (χ1n) is 8.83. The van der Waals surface area contributed by atoms with Gasteiger partial charge >= 0.3 is 0 Å². The van der Waals surface area contributed by atoms with E-state index in [1.807, 2.05) is 37.3 Å². The summed E-state index contributed by atoms with van der Waals surface area (Å²) in [5, 5.41) is 10.5. The van der Waals surface area contributed by atoms with E-state index in [2.05, 4.69) is 25.5 Å². The lowest BCUT2D eigenvalue weighted by molar-refractivity contribution is -0.119. The number of hydrogen-bond donors (Lipinski definition) is 2. The summed E-state index contributed by atoms with van der Waals surface area (Å²) in [4.78, 5) is 20.7. The number of H-pyrrole nitrogens is 1. The van der Waals surface area contributed by atoms with Gasteiger partial charge in [0.05, 0.1) is 11.8 Å². The highest BCUT2D eigenvalue weighted by Crippen LogP contribution is 2.32. The van der Waals surface area contributed by atoms with Crippen molar-refractivity contribution < 1.29 is 14.3 Å². The molecule has 8 nitrogen and oxygen atoms in total. The van der Waals surface area contributed by atoms with Crippen LogP contribution < -0.4 is 14.8 Å². The lowest BCUT2D eigenvalue weighted by Gasteiger charge is -2.21. The van der Waals surface area contributed by atoms with Gasteiger partial charge in [0.15, 0.2) is 17.3 Å². The van der Waals surface area contributed by atoms with Crippen molar-refractivity contribution in [1.82, 2.24) is 25.5 Å². The molecule has 0 aliphatic carbocycles. The van der Waals surface area contributed by atoms with Crippen molar-refractivity contribution in [2.45, 2.75) is 18.1 Å². The van der Waals surface area contributed by atoms with Crippen molar-refractivity contribution >= 4 is 17.7 Å². The van der Waals surface area contributed by atoms with Crippen LogP contribution in [0.5, 0.6) is 11.5 Å². The molecule has 1 atom stereocenters. The van der Waals surface area contributed by atoms with Gasteiger partial charge in [-0.1, -0.05) is 17.8 Å². The number of amides is 1. The molecule has 0 fully saturated rings. The van der Waals surface area contributed by atoms with E-state index in [4.69, 9.17) is 9.47 Å². The second-order valence-corrected chi connectivity index (χ2v) is 7.13. The van der Waals surface area contributed by atoms with Crippen molar-refractivity contribution in [2.75, 3.05) is 19.0 Å². The topological polar surface area (TPSA) is 102 Å². The molecule has 4 rings (SSSR count). The molecule has 144 valence electrons. The highest BCUT2D eigenvalue weighted by molar-refractivity contribution is 7.99. The number of ether oxygens (including phenoxy) is 2. The first-order chi connectivity index (χ1) is 13.7. The molecule has 2 aromatic heterocycles. The first-order valence-corrected chi connectivity index (χ1v) is 9.82. The third-order valence-corrected chi connectivity index (χ3v) is 5.04. The summed E-state index contributed by atoms with van der Waals surface area (Å²) in [7, 11) is 0. The fraction of sp³-hybridized carbons (Fsp3) is 0.263. The van der Waals surface area contributed by atoms with Crippen molar-refractivity contribution in [3.63, 3.8) is 0 Å². The zero-order valence-electron chi connectivity index (χ0n) is 15.2. The van der Waals surface area contributed by atoms with E-state index in [9.17, 15) is 4.79 Å². The van der Waals surface area contributed by atoms with Gasteiger partial charge in [-0.3, -0.25) is 14.9 Å². The highest BCUT2D eigenvalue weighted by Gasteiger charge is 2.16. The Morgan fingerprint density at radius 1 is 1.21 bits per heavy atom. The fourth-order valence-electron chi connectivity index (χ4n) is 2.78. The van der Waals surface area contributed by atoms with Gasteiger partial charge in [0.25, 0.3) is 0 Å². The monoisotopic (exact) mass is 397 g/mol. The van der Waals surface area contributed by atoms with Gasteiger partial charge in [-0.2, -0.15) is 0 Å². The van der Waals surface area contributed by atoms with E-state index in [1.165, 1.54) is 11.8 Å². The summed E-state index contributed by atoms with van der Waals surface area (Å²) in [5.41, 5.74) is 1.85. The quantitative estimate of drug-likeness (QED) is 0.617. The van der Waals surface area contributed by atoms with Crippen LogP contribution >= 0.6 is 11.8 Å². The molecule has 1 amide bonds. The predicted molar refractivity (Wildman–Crippen MR) is 104 cm³/mol. The molecule has 9 heteroatoms. The van der Waals surface area contributed by atoms with Gasteiger partial charge in [-0.15, -0.1) is 5.10 Å². The molecule has 0 spiro atoms. The molecule has 0 radical (unpaired) electrons. The molecule has 3 aromatic rings. The summed E-state index contributed by atoms with van der Waals surface area (Å²) in [6, 6.07) is 9.25. The summed E-state index contributed by atoms with van der Waals surface area (Å²) >= 11 is 1.28. The van der Waals surface area contributed by atoms with Gasteiger partial charge in [0.2, 0.25) is 11.1 Å². The Morgan fingerprint density at radius 3 is 2.82 bits per heavy atom. The van der Waals surface area contributed by atoms with Crippen LogP contribution in [0.4, 0.5) is 0 Å². The van der Waals surface area contributed by atoms with Crippen LogP contribution in [0.3, 0.4) is 0 Å². The lowest BCUT2D eigenvalue weighted by Crippen LogP contribution is -2.28. The first kappa shape index (κ1) is 18.3. The lowest BCUT2D eigenvalue weighted by atomic mass is 10.1. The van der Waals surface area contributed by atoms with Crippen LogP contribution in [0.1, 0.15) is 18.5 Å². The largest absolute Gasteiger partial charge is 0.486 e. The standard InChI is InChI=1S/C19H19N5O3S/c1-12(14-2-3-15-16(10-14)27-9-8-26-15)21-17(25)11-28-19-22-18(23-24-19)13-4-6-20-7-5-13/h2-7,10,12H,8-9,11H2,1H3,(H,21,25)(H,22,23,24)/t12-/m0/s1. The maximum absolute atomic E-state index is 12.3. The number of aromatic nitrogens is 4. The minimum absolute atomic E-state index is 0.0948. The van der Waals surface area contributed by atoms with Crippen LogP contribution in [0.15, 0.2) is 47.9 Å². The van der Waals surface area contributed by atoms with Crippen LogP contribution in [0, 0.1) is 0 Å². The van der Waals surface area contributed by atoms with Crippen LogP contribution in [-0.4, -0.2) is 45.0 Å². The molecular weight excluding hydrogens is 378 g/mol. The van der Waals surface area contributed by atoms with E-state index in [-0.39, 0.29) is 17.7 Å². The number of benzene rings is 1. The Bertz CT molecular complexity index is 963. The highest BCUT2D eigenvalue weighted by atomic mass is 32.2. The second-order valence-electron chi connectivity index (χ2n) is 6.18. The zero-order valence-corrected chi connectivity index (χ0v) is 16.0. The second kappa shape index (κ2) is 8.30. The maximum atomic E-state index is 12.3. The maximum Gasteiger partial charge on any atom is 0.230 e. The Balaban J connectivity index is 1.31. The molecule has 1 aromatic carbocycles. The van der Waals surface area contributed by atoms with Gasteiger partial charge in [-0.05, 0) is 36.8 Å². The van der Waals surface area contributed by atoms with Gasteiger partial charge in [-0.25, -0.2) is 4.98 Å². The normalized spacial score (nSPS) is 13.8. The Kier molecular flexibility index (Phi) is 5.43. The smallest absolute Gasteiger partial charge is 0.230 e. The van der Waals surface area contributed by atoms with E-state index >= 15 is 0 Å². The number of hydrogen-bond acceptors (Lipinski definition) is 7. The molecule has 0 saturated heterocycles. The number of fused-ring (bicyclic) bond motifs is 1. The number of pyridine rings is 1. The van der Waals surface area contributed by atoms with Crippen molar-refractivity contribution in [3.8, 4) is 22.9 Å². The third kappa shape index (κ3) is 4.25. The summed E-state index contributed by atoms with van der Waals surface area (Å²) < 4.78 is 11.1. The Morgan fingerprint density at radius 2 is 2.00 bits per heavy atom.